The van der Waals surface area contributed by atoms with Gasteiger partial charge in [0.05, 0.1) is 11.0 Å². The Balaban J connectivity index is 1.70. The van der Waals surface area contributed by atoms with Crippen LogP contribution in [0.15, 0.2) is 29.2 Å². The van der Waals surface area contributed by atoms with Crippen LogP contribution in [0.4, 0.5) is 0 Å². The molecule has 24 heavy (non-hydrogen) atoms. The first-order chi connectivity index (χ1) is 11.6. The topological polar surface area (TPSA) is 75.7 Å². The molecule has 132 valence electrons. The monoisotopic (exact) mass is 370 g/mol. The van der Waals surface area contributed by atoms with Crippen molar-refractivity contribution in [3.05, 3.63) is 29.8 Å². The summed E-state index contributed by atoms with van der Waals surface area (Å²) in [4.78, 5) is 14.4. The molecule has 0 bridgehead atoms. The van der Waals surface area contributed by atoms with Crippen molar-refractivity contribution in [3.63, 3.8) is 0 Å². The summed E-state index contributed by atoms with van der Waals surface area (Å²) >= 11 is 1.83. The van der Waals surface area contributed by atoms with E-state index in [-0.39, 0.29) is 23.5 Å². The SMILES string of the molecule is O=C(c1cccc(S(=O)(=O)NC[C@H]2CCCO2)c1)N1CCSCC1. The zero-order chi connectivity index (χ0) is 17.0. The number of ether oxygens (including phenoxy) is 1. The lowest BCUT2D eigenvalue weighted by Gasteiger charge is -2.26. The van der Waals surface area contributed by atoms with Gasteiger partial charge in [0.2, 0.25) is 10.0 Å². The summed E-state index contributed by atoms with van der Waals surface area (Å²) in [6.45, 7) is 2.36. The lowest BCUT2D eigenvalue weighted by molar-refractivity contribution is 0.0772. The fourth-order valence-electron chi connectivity index (χ4n) is 2.84. The Morgan fingerprint density at radius 2 is 2.12 bits per heavy atom. The van der Waals surface area contributed by atoms with E-state index < -0.39 is 10.0 Å². The predicted molar refractivity (Wildman–Crippen MR) is 93.8 cm³/mol. The Bertz CT molecular complexity index is 681. The van der Waals surface area contributed by atoms with Crippen molar-refractivity contribution < 1.29 is 17.9 Å². The van der Waals surface area contributed by atoms with Gasteiger partial charge >= 0.3 is 0 Å². The van der Waals surface area contributed by atoms with Crippen molar-refractivity contribution in [2.75, 3.05) is 37.7 Å². The van der Waals surface area contributed by atoms with Gasteiger partial charge in [-0.1, -0.05) is 6.07 Å². The number of carbonyl (C=O) groups is 1. The molecule has 0 unspecified atom stereocenters. The third-order valence-corrected chi connectivity index (χ3v) is 6.58. The number of amides is 1. The van der Waals surface area contributed by atoms with Gasteiger partial charge in [-0.05, 0) is 31.0 Å². The number of thioether (sulfide) groups is 1. The van der Waals surface area contributed by atoms with Crippen LogP contribution in [0.3, 0.4) is 0 Å². The van der Waals surface area contributed by atoms with Gasteiger partial charge in [-0.15, -0.1) is 0 Å². The highest BCUT2D eigenvalue weighted by Crippen LogP contribution is 2.17. The van der Waals surface area contributed by atoms with Crippen LogP contribution in [0, 0.1) is 0 Å². The largest absolute Gasteiger partial charge is 0.377 e. The van der Waals surface area contributed by atoms with Gasteiger partial charge in [0.1, 0.15) is 0 Å². The Kier molecular flexibility index (Phi) is 5.80. The van der Waals surface area contributed by atoms with Crippen molar-refractivity contribution >= 4 is 27.7 Å². The molecule has 2 aliphatic rings. The zero-order valence-electron chi connectivity index (χ0n) is 13.4. The molecule has 1 amide bonds. The molecule has 2 heterocycles. The molecule has 3 rings (SSSR count). The van der Waals surface area contributed by atoms with Crippen LogP contribution in [0.25, 0.3) is 0 Å². The summed E-state index contributed by atoms with van der Waals surface area (Å²) in [5.74, 6) is 1.74. The molecule has 1 atom stereocenters. The molecule has 1 aromatic carbocycles. The first kappa shape index (κ1) is 17.7. The minimum absolute atomic E-state index is 0.0598. The van der Waals surface area contributed by atoms with Crippen LogP contribution in [-0.4, -0.2) is 63.1 Å². The average molecular weight is 370 g/mol. The van der Waals surface area contributed by atoms with Crippen LogP contribution < -0.4 is 4.72 Å². The van der Waals surface area contributed by atoms with Crippen molar-refractivity contribution in [2.24, 2.45) is 0 Å². The van der Waals surface area contributed by atoms with Gasteiger partial charge in [-0.2, -0.15) is 11.8 Å². The third kappa shape index (κ3) is 4.30. The van der Waals surface area contributed by atoms with Crippen molar-refractivity contribution in [3.8, 4) is 0 Å². The molecule has 0 saturated carbocycles. The number of sulfonamides is 1. The number of hydrogen-bond donors (Lipinski definition) is 1. The Morgan fingerprint density at radius 3 is 2.83 bits per heavy atom. The predicted octanol–water partition coefficient (Wildman–Crippen LogP) is 1.33. The molecule has 2 saturated heterocycles. The number of carbonyl (C=O) groups excluding carboxylic acids is 1. The smallest absolute Gasteiger partial charge is 0.253 e. The van der Waals surface area contributed by atoms with Gasteiger partial charge in [0.15, 0.2) is 0 Å². The first-order valence-electron chi connectivity index (χ1n) is 8.14. The number of hydrogen-bond acceptors (Lipinski definition) is 5. The maximum atomic E-state index is 12.5. The van der Waals surface area contributed by atoms with Crippen molar-refractivity contribution in [2.45, 2.75) is 23.8 Å². The first-order valence-corrected chi connectivity index (χ1v) is 10.8. The van der Waals surface area contributed by atoms with Gasteiger partial charge in [-0.3, -0.25) is 4.79 Å². The fraction of sp³-hybridized carbons (Fsp3) is 0.562. The number of nitrogens with one attached hydrogen (secondary N) is 1. The van der Waals surface area contributed by atoms with Crippen LogP contribution in [-0.2, 0) is 14.8 Å². The maximum Gasteiger partial charge on any atom is 0.253 e. The van der Waals surface area contributed by atoms with E-state index in [2.05, 4.69) is 4.72 Å². The van der Waals surface area contributed by atoms with Gasteiger partial charge in [0.25, 0.3) is 5.91 Å². The van der Waals surface area contributed by atoms with E-state index in [1.807, 2.05) is 11.8 Å². The Morgan fingerprint density at radius 1 is 1.33 bits per heavy atom. The van der Waals surface area contributed by atoms with E-state index in [4.69, 9.17) is 4.74 Å². The third-order valence-electron chi connectivity index (χ3n) is 4.21. The average Bonchev–Trinajstić information content (AvgIpc) is 3.14. The molecule has 1 N–H and O–H groups in total. The molecule has 0 aromatic heterocycles. The molecule has 0 spiro atoms. The normalized spacial score (nSPS) is 21.8. The molecule has 6 nitrogen and oxygen atoms in total. The quantitative estimate of drug-likeness (QED) is 0.846. The van der Waals surface area contributed by atoms with Crippen molar-refractivity contribution in [1.29, 1.82) is 0 Å². The second-order valence-electron chi connectivity index (χ2n) is 5.92. The summed E-state index contributed by atoms with van der Waals surface area (Å²) in [7, 11) is -3.64. The molecule has 0 radical (unpaired) electrons. The Labute approximate surface area is 147 Å². The summed E-state index contributed by atoms with van der Waals surface area (Å²) < 4.78 is 32.9. The summed E-state index contributed by atoms with van der Waals surface area (Å²) in [6.07, 6.45) is 1.77. The van der Waals surface area contributed by atoms with Crippen molar-refractivity contribution in [1.82, 2.24) is 9.62 Å². The van der Waals surface area contributed by atoms with E-state index >= 15 is 0 Å². The van der Waals surface area contributed by atoms with E-state index in [1.165, 1.54) is 12.1 Å². The highest BCUT2D eigenvalue weighted by Gasteiger charge is 2.23. The summed E-state index contributed by atoms with van der Waals surface area (Å²) in [5.41, 5.74) is 0.418. The summed E-state index contributed by atoms with van der Waals surface area (Å²) in [5, 5.41) is 0. The molecule has 2 fully saturated rings. The fourth-order valence-corrected chi connectivity index (χ4v) is 4.85. The molecule has 2 aliphatic heterocycles. The molecule has 8 heteroatoms. The van der Waals surface area contributed by atoms with Gasteiger partial charge < -0.3 is 9.64 Å². The van der Waals surface area contributed by atoms with E-state index in [0.29, 0.717) is 25.3 Å². The lowest BCUT2D eigenvalue weighted by atomic mass is 10.2. The van der Waals surface area contributed by atoms with Crippen LogP contribution in [0.1, 0.15) is 23.2 Å². The van der Waals surface area contributed by atoms with Crippen LogP contribution in [0.5, 0.6) is 0 Å². The van der Waals surface area contributed by atoms with E-state index in [1.54, 1.807) is 17.0 Å². The minimum Gasteiger partial charge on any atom is -0.377 e. The van der Waals surface area contributed by atoms with E-state index in [9.17, 15) is 13.2 Å². The maximum absolute atomic E-state index is 12.5. The van der Waals surface area contributed by atoms with Gasteiger partial charge in [0, 0.05) is 43.3 Å². The van der Waals surface area contributed by atoms with E-state index in [0.717, 1.165) is 24.3 Å². The standard InChI is InChI=1S/C16H22N2O4S2/c19-16(18-6-9-23-10-7-18)13-3-1-5-15(11-13)24(20,21)17-12-14-4-2-8-22-14/h1,3,5,11,14,17H,2,4,6-10,12H2/t14-/m1/s1. The van der Waals surface area contributed by atoms with Gasteiger partial charge in [-0.25, -0.2) is 13.1 Å². The van der Waals surface area contributed by atoms with Crippen LogP contribution >= 0.6 is 11.8 Å². The van der Waals surface area contributed by atoms with Crippen LogP contribution in [0.2, 0.25) is 0 Å². The number of benzene rings is 1. The molecule has 0 aliphatic carbocycles. The molecular formula is C16H22N2O4S2. The second kappa shape index (κ2) is 7.86. The number of rotatable bonds is 5. The lowest BCUT2D eigenvalue weighted by Crippen LogP contribution is -2.38. The molecular weight excluding hydrogens is 348 g/mol. The second-order valence-corrected chi connectivity index (χ2v) is 8.91. The number of nitrogens with zero attached hydrogens (tertiary/aromatic N) is 1. The Hall–Kier alpha value is -1.09. The molecule has 1 aromatic rings. The summed E-state index contributed by atoms with van der Waals surface area (Å²) in [6, 6.07) is 6.26. The highest BCUT2D eigenvalue weighted by molar-refractivity contribution is 7.99. The zero-order valence-corrected chi connectivity index (χ0v) is 15.1. The minimum atomic E-state index is -3.64. The highest BCUT2D eigenvalue weighted by atomic mass is 32.2.